The van der Waals surface area contributed by atoms with Crippen LogP contribution < -0.4 is 5.73 Å². The van der Waals surface area contributed by atoms with Gasteiger partial charge in [0, 0.05) is 17.5 Å². The third kappa shape index (κ3) is 4.86. The number of fused-ring (bicyclic) bond motifs is 1. The van der Waals surface area contributed by atoms with E-state index in [9.17, 15) is 4.79 Å². The van der Waals surface area contributed by atoms with Gasteiger partial charge in [-0.2, -0.15) is 5.10 Å². The van der Waals surface area contributed by atoms with E-state index in [0.717, 1.165) is 59.4 Å². The van der Waals surface area contributed by atoms with Gasteiger partial charge in [0.05, 0.1) is 11.4 Å². The Balaban J connectivity index is 1.46. The number of carbonyl (C=O) groups is 1. The van der Waals surface area contributed by atoms with Crippen LogP contribution in [0.1, 0.15) is 57.2 Å². The summed E-state index contributed by atoms with van der Waals surface area (Å²) in [6, 6.07) is 13.9. The van der Waals surface area contributed by atoms with Crippen LogP contribution in [0.25, 0.3) is 11.0 Å². The molecule has 36 heavy (non-hydrogen) atoms. The summed E-state index contributed by atoms with van der Waals surface area (Å²) in [5, 5.41) is 5.55. The SMILES string of the molecule is Cc1cccc(C(=O)Cc2ccc(C)c(C#Cc3nn(C4CCN(C)CC4)c4ncnc(N)c34)c2)c1. The first-order valence-corrected chi connectivity index (χ1v) is 12.3. The quantitative estimate of drug-likeness (QED) is 0.351. The average molecular weight is 479 g/mol. The third-order valence-corrected chi connectivity index (χ3v) is 6.87. The van der Waals surface area contributed by atoms with Crippen LogP contribution in [0.15, 0.2) is 48.8 Å². The van der Waals surface area contributed by atoms with E-state index < -0.39 is 0 Å². The fourth-order valence-electron chi connectivity index (χ4n) is 4.72. The zero-order valence-corrected chi connectivity index (χ0v) is 21.0. The molecule has 0 radical (unpaired) electrons. The minimum Gasteiger partial charge on any atom is -0.383 e. The molecule has 7 heteroatoms. The van der Waals surface area contributed by atoms with Crippen molar-refractivity contribution >= 4 is 22.6 Å². The molecule has 0 atom stereocenters. The maximum atomic E-state index is 12.8. The molecule has 0 aliphatic carbocycles. The number of aryl methyl sites for hydroxylation is 2. The van der Waals surface area contributed by atoms with E-state index in [2.05, 4.69) is 33.8 Å². The van der Waals surface area contributed by atoms with E-state index in [0.29, 0.717) is 23.3 Å². The predicted molar refractivity (Wildman–Crippen MR) is 142 cm³/mol. The van der Waals surface area contributed by atoms with Crippen molar-refractivity contribution in [2.24, 2.45) is 0 Å². The first kappa shape index (κ1) is 23.7. The molecule has 0 saturated carbocycles. The van der Waals surface area contributed by atoms with Crippen molar-refractivity contribution in [3.63, 3.8) is 0 Å². The number of anilines is 1. The summed E-state index contributed by atoms with van der Waals surface area (Å²) < 4.78 is 1.98. The monoisotopic (exact) mass is 478 g/mol. The number of hydrogen-bond donors (Lipinski definition) is 1. The van der Waals surface area contributed by atoms with Crippen molar-refractivity contribution < 1.29 is 4.79 Å². The van der Waals surface area contributed by atoms with Crippen LogP contribution in [0, 0.1) is 25.7 Å². The Bertz CT molecular complexity index is 1500. The van der Waals surface area contributed by atoms with Gasteiger partial charge in [-0.25, -0.2) is 14.6 Å². The number of benzene rings is 2. The smallest absolute Gasteiger partial charge is 0.167 e. The highest BCUT2D eigenvalue weighted by atomic mass is 16.1. The lowest BCUT2D eigenvalue weighted by Gasteiger charge is -2.29. The van der Waals surface area contributed by atoms with Crippen LogP contribution in [0.5, 0.6) is 0 Å². The molecule has 0 unspecified atom stereocenters. The lowest BCUT2D eigenvalue weighted by atomic mass is 9.98. The molecule has 1 aliphatic rings. The summed E-state index contributed by atoms with van der Waals surface area (Å²) >= 11 is 0. The number of likely N-dealkylation sites (tertiary alicyclic amines) is 1. The number of rotatable bonds is 4. The van der Waals surface area contributed by atoms with Crippen molar-refractivity contribution in [2.75, 3.05) is 25.9 Å². The lowest BCUT2D eigenvalue weighted by Crippen LogP contribution is -2.32. The molecule has 7 nitrogen and oxygen atoms in total. The number of nitrogens with zero attached hydrogens (tertiary/aromatic N) is 5. The number of ketones is 1. The summed E-state index contributed by atoms with van der Waals surface area (Å²) in [4.78, 5) is 23.8. The van der Waals surface area contributed by atoms with Crippen molar-refractivity contribution in [1.82, 2.24) is 24.6 Å². The first-order chi connectivity index (χ1) is 17.4. The molecule has 1 fully saturated rings. The summed E-state index contributed by atoms with van der Waals surface area (Å²) in [6.45, 7) is 6.04. The second-order valence-electron chi connectivity index (χ2n) is 9.65. The van der Waals surface area contributed by atoms with E-state index in [1.54, 1.807) is 0 Å². The highest BCUT2D eigenvalue weighted by molar-refractivity contribution is 5.97. The molecule has 2 aromatic heterocycles. The van der Waals surface area contributed by atoms with Crippen molar-refractivity contribution in [2.45, 2.75) is 39.2 Å². The zero-order valence-electron chi connectivity index (χ0n) is 21.0. The minimum absolute atomic E-state index is 0.0919. The Hall–Kier alpha value is -4.02. The van der Waals surface area contributed by atoms with Gasteiger partial charge in [-0.05, 0) is 76.0 Å². The highest BCUT2D eigenvalue weighted by Gasteiger charge is 2.24. The molecule has 1 saturated heterocycles. The molecule has 0 spiro atoms. The molecule has 2 aromatic carbocycles. The molecular weight excluding hydrogens is 448 g/mol. The third-order valence-electron chi connectivity index (χ3n) is 6.87. The minimum atomic E-state index is 0.0919. The number of aromatic nitrogens is 4. The second kappa shape index (κ2) is 9.92. The number of Topliss-reactive ketones (excluding diaryl/α,β-unsaturated/α-hetero) is 1. The molecular formula is C29H30N6O. The van der Waals surface area contributed by atoms with Crippen LogP contribution in [-0.2, 0) is 6.42 Å². The van der Waals surface area contributed by atoms with Gasteiger partial charge in [-0.15, -0.1) is 0 Å². The van der Waals surface area contributed by atoms with Crippen LogP contribution in [0.3, 0.4) is 0 Å². The largest absolute Gasteiger partial charge is 0.383 e. The Kier molecular flexibility index (Phi) is 6.53. The second-order valence-corrected chi connectivity index (χ2v) is 9.65. The maximum Gasteiger partial charge on any atom is 0.167 e. The van der Waals surface area contributed by atoms with Gasteiger partial charge in [0.25, 0.3) is 0 Å². The fourth-order valence-corrected chi connectivity index (χ4v) is 4.72. The first-order valence-electron chi connectivity index (χ1n) is 12.3. The number of hydrogen-bond acceptors (Lipinski definition) is 6. The zero-order chi connectivity index (χ0) is 25.2. The number of nitrogens with two attached hydrogens (primary N) is 1. The van der Waals surface area contributed by atoms with E-state index >= 15 is 0 Å². The molecule has 0 bridgehead atoms. The van der Waals surface area contributed by atoms with Crippen LogP contribution in [-0.4, -0.2) is 50.6 Å². The Labute approximate surface area is 211 Å². The molecule has 182 valence electrons. The fraction of sp³-hybridized carbons (Fsp3) is 0.310. The molecule has 0 amide bonds. The Morgan fingerprint density at radius 1 is 1.08 bits per heavy atom. The summed E-state index contributed by atoms with van der Waals surface area (Å²) in [7, 11) is 2.14. The Morgan fingerprint density at radius 3 is 2.67 bits per heavy atom. The number of carbonyl (C=O) groups excluding carboxylic acids is 1. The van der Waals surface area contributed by atoms with Gasteiger partial charge >= 0.3 is 0 Å². The standard InChI is InChI=1S/C29H30N6O/c1-19-5-4-6-23(15-19)26(36)17-21-8-7-20(2)22(16-21)9-10-25-27-28(30)31-18-32-29(27)35(33-25)24-11-13-34(3)14-12-24/h4-8,15-16,18,24H,11-14,17H2,1-3H3,(H2,30,31,32). The molecule has 4 aromatic rings. The van der Waals surface area contributed by atoms with E-state index in [-0.39, 0.29) is 11.8 Å². The highest BCUT2D eigenvalue weighted by Crippen LogP contribution is 2.28. The molecule has 1 aliphatic heterocycles. The normalized spacial score (nSPS) is 14.5. The van der Waals surface area contributed by atoms with Crippen molar-refractivity contribution in [1.29, 1.82) is 0 Å². The van der Waals surface area contributed by atoms with Crippen molar-refractivity contribution in [3.8, 4) is 11.8 Å². The van der Waals surface area contributed by atoms with Gasteiger partial charge < -0.3 is 10.6 Å². The van der Waals surface area contributed by atoms with Crippen LogP contribution >= 0.6 is 0 Å². The van der Waals surface area contributed by atoms with Gasteiger partial charge in [0.2, 0.25) is 0 Å². The lowest BCUT2D eigenvalue weighted by molar-refractivity contribution is 0.0993. The molecule has 2 N–H and O–H groups in total. The summed E-state index contributed by atoms with van der Waals surface area (Å²) in [6.07, 6.45) is 3.81. The summed E-state index contributed by atoms with van der Waals surface area (Å²) in [5.41, 5.74) is 12.2. The predicted octanol–water partition coefficient (Wildman–Crippen LogP) is 4.12. The topological polar surface area (TPSA) is 89.9 Å². The Morgan fingerprint density at radius 2 is 1.89 bits per heavy atom. The van der Waals surface area contributed by atoms with Gasteiger partial charge in [0.1, 0.15) is 17.8 Å². The average Bonchev–Trinajstić information content (AvgIpc) is 3.24. The van der Waals surface area contributed by atoms with E-state index in [1.807, 2.05) is 61.0 Å². The van der Waals surface area contributed by atoms with Gasteiger partial charge in [-0.1, -0.05) is 41.8 Å². The maximum absolute atomic E-state index is 12.8. The molecule has 5 rings (SSSR count). The summed E-state index contributed by atoms with van der Waals surface area (Å²) in [5.74, 6) is 6.99. The van der Waals surface area contributed by atoms with Crippen molar-refractivity contribution in [3.05, 3.63) is 82.3 Å². The van der Waals surface area contributed by atoms with Gasteiger partial charge in [0.15, 0.2) is 11.4 Å². The van der Waals surface area contributed by atoms with E-state index in [1.165, 1.54) is 6.33 Å². The van der Waals surface area contributed by atoms with Crippen LogP contribution in [0.4, 0.5) is 5.82 Å². The number of nitrogen functional groups attached to an aromatic ring is 1. The van der Waals surface area contributed by atoms with Crippen LogP contribution in [0.2, 0.25) is 0 Å². The molecule has 3 heterocycles. The van der Waals surface area contributed by atoms with E-state index in [4.69, 9.17) is 10.8 Å². The number of piperidine rings is 1. The van der Waals surface area contributed by atoms with Gasteiger partial charge in [-0.3, -0.25) is 4.79 Å².